The maximum Gasteiger partial charge on any atom is 0.313 e. The van der Waals surface area contributed by atoms with Gasteiger partial charge in [-0.3, -0.25) is 14.4 Å². The first-order valence-electron chi connectivity index (χ1n) is 11.2. The summed E-state index contributed by atoms with van der Waals surface area (Å²) in [7, 11) is 0. The molecule has 0 bridgehead atoms. The van der Waals surface area contributed by atoms with Crippen LogP contribution in [-0.2, 0) is 19.1 Å². The molecular weight excluding hydrogens is 356 g/mol. The quantitative estimate of drug-likeness (QED) is 0.119. The highest BCUT2D eigenvalue weighted by Gasteiger charge is 2.10. The molecule has 0 amide bonds. The zero-order chi connectivity index (χ0) is 20.9. The second-order valence-corrected chi connectivity index (χ2v) is 7.43. The molecule has 0 atom stereocenters. The van der Waals surface area contributed by atoms with E-state index >= 15 is 0 Å². The summed E-state index contributed by atoms with van der Waals surface area (Å²) in [4.78, 5) is 33.2. The average Bonchev–Trinajstić information content (AvgIpc) is 2.64. The van der Waals surface area contributed by atoms with Crippen LogP contribution in [0.15, 0.2) is 12.2 Å². The molecule has 0 rings (SSSR count). The number of aliphatic carboxylic acids is 1. The first kappa shape index (κ1) is 26.4. The van der Waals surface area contributed by atoms with E-state index in [4.69, 9.17) is 5.11 Å². The highest BCUT2D eigenvalue weighted by Crippen LogP contribution is 2.10. The molecule has 28 heavy (non-hydrogen) atoms. The third kappa shape index (κ3) is 20.7. The Morgan fingerprint density at radius 3 is 1.64 bits per heavy atom. The summed E-state index contributed by atoms with van der Waals surface area (Å²) in [6.07, 6.45) is 20.5. The number of ether oxygens (including phenoxy) is 1. The van der Waals surface area contributed by atoms with Gasteiger partial charge < -0.3 is 9.84 Å². The highest BCUT2D eigenvalue weighted by molar-refractivity contribution is 5.85. The summed E-state index contributed by atoms with van der Waals surface area (Å²) in [5.41, 5.74) is 0. The number of esters is 2. The number of allylic oxidation sites excluding steroid dienone is 2. The number of carboxylic acid groups (broad SMARTS) is 1. The van der Waals surface area contributed by atoms with Crippen molar-refractivity contribution in [1.29, 1.82) is 0 Å². The molecule has 0 aromatic heterocycles. The van der Waals surface area contributed by atoms with Gasteiger partial charge in [0.15, 0.2) is 0 Å². The molecule has 0 aliphatic heterocycles. The zero-order valence-corrected chi connectivity index (χ0v) is 17.8. The molecule has 0 radical (unpaired) electrons. The van der Waals surface area contributed by atoms with Gasteiger partial charge in [-0.15, -0.1) is 0 Å². The molecule has 5 nitrogen and oxygen atoms in total. The molecule has 1 N–H and O–H groups in total. The lowest BCUT2D eigenvalue weighted by molar-refractivity contribution is -0.159. The Morgan fingerprint density at radius 2 is 1.11 bits per heavy atom. The fourth-order valence-electron chi connectivity index (χ4n) is 2.95. The fraction of sp³-hybridized carbons (Fsp3) is 0.783. The minimum atomic E-state index is -0.951. The van der Waals surface area contributed by atoms with Crippen molar-refractivity contribution in [2.24, 2.45) is 0 Å². The van der Waals surface area contributed by atoms with E-state index in [9.17, 15) is 14.4 Å². The summed E-state index contributed by atoms with van der Waals surface area (Å²) in [5, 5.41) is 8.49. The van der Waals surface area contributed by atoms with Crippen molar-refractivity contribution in [3.8, 4) is 0 Å². The van der Waals surface area contributed by atoms with Gasteiger partial charge in [-0.1, -0.05) is 70.4 Å². The lowest BCUT2D eigenvalue weighted by Gasteiger charge is -2.03. The third-order valence-corrected chi connectivity index (χ3v) is 4.64. The topological polar surface area (TPSA) is 80.7 Å². The monoisotopic (exact) mass is 396 g/mol. The van der Waals surface area contributed by atoms with Crippen LogP contribution in [0.1, 0.15) is 116 Å². The number of hydrogen-bond acceptors (Lipinski definition) is 4. The third-order valence-electron chi connectivity index (χ3n) is 4.64. The molecule has 162 valence electrons. The minimum Gasteiger partial charge on any atom is -0.481 e. The van der Waals surface area contributed by atoms with Gasteiger partial charge >= 0.3 is 17.9 Å². The molecule has 0 aromatic rings. The highest BCUT2D eigenvalue weighted by atomic mass is 16.6. The van der Waals surface area contributed by atoms with Crippen molar-refractivity contribution in [3.63, 3.8) is 0 Å². The second-order valence-electron chi connectivity index (χ2n) is 7.43. The van der Waals surface area contributed by atoms with Crippen LogP contribution in [0.2, 0.25) is 0 Å². The van der Waals surface area contributed by atoms with Gasteiger partial charge in [-0.2, -0.15) is 0 Å². The van der Waals surface area contributed by atoms with E-state index < -0.39 is 17.9 Å². The SMILES string of the molecule is CCCCCCCC/C=C\CCCCCCCC(=O)OC(=O)CCCC(=O)O. The van der Waals surface area contributed by atoms with Crippen molar-refractivity contribution >= 4 is 17.9 Å². The zero-order valence-electron chi connectivity index (χ0n) is 17.8. The summed E-state index contributed by atoms with van der Waals surface area (Å²) in [5.74, 6) is -2.08. The van der Waals surface area contributed by atoms with Gasteiger partial charge in [-0.05, 0) is 38.5 Å². The lowest BCUT2D eigenvalue weighted by Crippen LogP contribution is -2.12. The summed E-state index contributed by atoms with van der Waals surface area (Å²) in [6.45, 7) is 2.24. The molecule has 0 heterocycles. The van der Waals surface area contributed by atoms with Crippen LogP contribution in [-0.4, -0.2) is 23.0 Å². The summed E-state index contributed by atoms with van der Waals surface area (Å²) < 4.78 is 4.67. The number of carbonyl (C=O) groups excluding carboxylic acids is 2. The fourth-order valence-corrected chi connectivity index (χ4v) is 2.95. The smallest absolute Gasteiger partial charge is 0.313 e. The number of hydrogen-bond donors (Lipinski definition) is 1. The Bertz CT molecular complexity index is 442. The van der Waals surface area contributed by atoms with Gasteiger partial charge in [-0.25, -0.2) is 0 Å². The molecule has 5 heteroatoms. The number of carboxylic acids is 1. The molecule has 0 unspecified atom stereocenters. The van der Waals surface area contributed by atoms with Gasteiger partial charge in [0.05, 0.1) is 0 Å². The predicted molar refractivity (Wildman–Crippen MR) is 112 cm³/mol. The van der Waals surface area contributed by atoms with E-state index in [0.717, 1.165) is 32.1 Å². The van der Waals surface area contributed by atoms with E-state index in [2.05, 4.69) is 23.8 Å². The van der Waals surface area contributed by atoms with E-state index in [0.29, 0.717) is 0 Å². The van der Waals surface area contributed by atoms with E-state index in [1.807, 2.05) is 0 Å². The predicted octanol–water partition coefficient (Wildman–Crippen LogP) is 6.35. The molecule has 0 fully saturated rings. The molecular formula is C23H40O5. The van der Waals surface area contributed by atoms with Crippen LogP contribution < -0.4 is 0 Å². The standard InChI is InChI=1S/C23H40O5/c1-2-3-4-5-6-7-8-9-10-11-12-13-14-15-16-19-22(26)28-23(27)20-17-18-21(24)25/h9-10H,2-8,11-20H2,1H3,(H,24,25)/b10-9-. The summed E-state index contributed by atoms with van der Waals surface area (Å²) in [6, 6.07) is 0. The maximum atomic E-state index is 11.5. The van der Waals surface area contributed by atoms with Crippen molar-refractivity contribution < 1.29 is 24.2 Å². The second kappa shape index (κ2) is 20.1. The van der Waals surface area contributed by atoms with Gasteiger partial charge in [0.2, 0.25) is 0 Å². The Labute approximate surface area is 170 Å². The van der Waals surface area contributed by atoms with Crippen LogP contribution in [0, 0.1) is 0 Å². The van der Waals surface area contributed by atoms with Crippen LogP contribution in [0.3, 0.4) is 0 Å². The average molecular weight is 397 g/mol. The number of rotatable bonds is 19. The van der Waals surface area contributed by atoms with E-state index in [-0.39, 0.29) is 25.7 Å². The first-order valence-corrected chi connectivity index (χ1v) is 11.2. The van der Waals surface area contributed by atoms with Gasteiger partial charge in [0, 0.05) is 19.3 Å². The van der Waals surface area contributed by atoms with Crippen molar-refractivity contribution in [3.05, 3.63) is 12.2 Å². The molecule has 0 saturated carbocycles. The van der Waals surface area contributed by atoms with Gasteiger partial charge in [0.1, 0.15) is 0 Å². The Balaban J connectivity index is 3.35. The molecule has 0 spiro atoms. The number of carbonyl (C=O) groups is 3. The first-order chi connectivity index (χ1) is 13.6. The van der Waals surface area contributed by atoms with Crippen LogP contribution in [0.25, 0.3) is 0 Å². The van der Waals surface area contributed by atoms with Crippen molar-refractivity contribution in [1.82, 2.24) is 0 Å². The normalized spacial score (nSPS) is 11.0. The molecule has 0 aromatic carbocycles. The van der Waals surface area contributed by atoms with Crippen molar-refractivity contribution in [2.45, 2.75) is 116 Å². The molecule has 0 saturated heterocycles. The Morgan fingerprint density at radius 1 is 0.643 bits per heavy atom. The van der Waals surface area contributed by atoms with E-state index in [1.165, 1.54) is 51.4 Å². The van der Waals surface area contributed by atoms with E-state index in [1.54, 1.807) is 0 Å². The van der Waals surface area contributed by atoms with Crippen molar-refractivity contribution in [2.75, 3.05) is 0 Å². The van der Waals surface area contributed by atoms with Crippen LogP contribution in [0.4, 0.5) is 0 Å². The lowest BCUT2D eigenvalue weighted by atomic mass is 10.1. The van der Waals surface area contributed by atoms with Crippen LogP contribution in [0.5, 0.6) is 0 Å². The minimum absolute atomic E-state index is 0.0234. The maximum absolute atomic E-state index is 11.5. The Kier molecular flexibility index (Phi) is 18.9. The molecule has 0 aliphatic rings. The van der Waals surface area contributed by atoms with Crippen LogP contribution >= 0.6 is 0 Å². The van der Waals surface area contributed by atoms with Gasteiger partial charge in [0.25, 0.3) is 0 Å². The number of unbranched alkanes of at least 4 members (excludes halogenated alkanes) is 11. The summed E-state index contributed by atoms with van der Waals surface area (Å²) >= 11 is 0. The largest absolute Gasteiger partial charge is 0.481 e. The Hall–Kier alpha value is -1.65. The molecule has 0 aliphatic carbocycles.